The number of anilines is 1. The monoisotopic (exact) mass is 258 g/mol. The lowest BCUT2D eigenvalue weighted by atomic mass is 10.1. The third-order valence-corrected chi connectivity index (χ3v) is 3.14. The average molecular weight is 258 g/mol. The Kier molecular flexibility index (Phi) is 4.58. The molecule has 0 amide bonds. The van der Waals surface area contributed by atoms with E-state index in [4.69, 9.17) is 5.73 Å². The molecule has 0 unspecified atom stereocenters. The van der Waals surface area contributed by atoms with Gasteiger partial charge in [-0.2, -0.15) is 5.10 Å². The lowest BCUT2D eigenvalue weighted by Gasteiger charge is -2.21. The molecule has 19 heavy (non-hydrogen) atoms. The van der Waals surface area contributed by atoms with E-state index < -0.39 is 0 Å². The van der Waals surface area contributed by atoms with Crippen molar-refractivity contribution in [1.82, 2.24) is 14.7 Å². The Balaban J connectivity index is 2.06. The molecule has 0 aliphatic rings. The third kappa shape index (κ3) is 3.83. The van der Waals surface area contributed by atoms with Gasteiger partial charge in [-0.25, -0.2) is 0 Å². The summed E-state index contributed by atoms with van der Waals surface area (Å²) >= 11 is 0. The summed E-state index contributed by atoms with van der Waals surface area (Å²) in [6, 6.07) is 10.1. The van der Waals surface area contributed by atoms with Crippen LogP contribution in [0.15, 0.2) is 36.5 Å². The van der Waals surface area contributed by atoms with Crippen LogP contribution in [0.1, 0.15) is 24.6 Å². The number of nitrogens with two attached hydrogens (primary N) is 1. The molecule has 0 fully saturated rings. The first-order valence-corrected chi connectivity index (χ1v) is 6.73. The second kappa shape index (κ2) is 6.38. The molecule has 1 aromatic heterocycles. The van der Waals surface area contributed by atoms with Gasteiger partial charge in [0.1, 0.15) is 0 Å². The molecular weight excluding hydrogens is 236 g/mol. The van der Waals surface area contributed by atoms with E-state index in [0.717, 1.165) is 37.4 Å². The quantitative estimate of drug-likeness (QED) is 0.809. The fourth-order valence-corrected chi connectivity index (χ4v) is 2.23. The second-order valence-corrected chi connectivity index (χ2v) is 4.89. The van der Waals surface area contributed by atoms with Gasteiger partial charge in [0, 0.05) is 32.0 Å². The van der Waals surface area contributed by atoms with Crippen LogP contribution in [0.5, 0.6) is 0 Å². The molecule has 0 spiro atoms. The van der Waals surface area contributed by atoms with Crippen LogP contribution in [-0.4, -0.2) is 21.2 Å². The van der Waals surface area contributed by atoms with Crippen molar-refractivity contribution in [3.63, 3.8) is 0 Å². The Hall–Kier alpha value is -1.81. The molecule has 0 saturated heterocycles. The number of para-hydroxylation sites is 1. The molecule has 102 valence electrons. The largest absolute Gasteiger partial charge is 0.398 e. The maximum Gasteiger partial charge on any atom is 0.0764 e. The maximum atomic E-state index is 6.02. The first-order valence-electron chi connectivity index (χ1n) is 6.73. The molecule has 0 aliphatic heterocycles. The number of aryl methyl sites for hydroxylation is 1. The lowest BCUT2D eigenvalue weighted by molar-refractivity contribution is 0.254. The molecule has 0 atom stereocenters. The van der Waals surface area contributed by atoms with Gasteiger partial charge in [0.2, 0.25) is 0 Å². The molecule has 1 heterocycles. The first-order chi connectivity index (χ1) is 9.19. The summed E-state index contributed by atoms with van der Waals surface area (Å²) in [4.78, 5) is 2.38. The van der Waals surface area contributed by atoms with E-state index in [0.29, 0.717) is 0 Å². The number of hydrogen-bond donors (Lipinski definition) is 1. The minimum atomic E-state index is 0.864. The van der Waals surface area contributed by atoms with Crippen LogP contribution in [0.2, 0.25) is 0 Å². The van der Waals surface area contributed by atoms with E-state index in [1.54, 1.807) is 0 Å². The van der Waals surface area contributed by atoms with Crippen LogP contribution in [0, 0.1) is 0 Å². The fourth-order valence-electron chi connectivity index (χ4n) is 2.23. The summed E-state index contributed by atoms with van der Waals surface area (Å²) in [7, 11) is 1.95. The highest BCUT2D eigenvalue weighted by atomic mass is 15.3. The molecule has 4 heteroatoms. The molecule has 0 saturated carbocycles. The number of nitrogen functional groups attached to an aromatic ring is 1. The van der Waals surface area contributed by atoms with Crippen LogP contribution in [0.4, 0.5) is 5.69 Å². The molecule has 1 aromatic carbocycles. The molecular formula is C15H22N4. The van der Waals surface area contributed by atoms with Gasteiger partial charge in [-0.05, 0) is 30.7 Å². The van der Waals surface area contributed by atoms with Crippen molar-refractivity contribution in [2.75, 3.05) is 12.3 Å². The van der Waals surface area contributed by atoms with Crippen LogP contribution in [0.25, 0.3) is 0 Å². The van der Waals surface area contributed by atoms with Gasteiger partial charge in [0.25, 0.3) is 0 Å². The number of aromatic nitrogens is 2. The SMILES string of the molecule is CCCN(Cc1ccn(C)n1)Cc1ccccc1N. The van der Waals surface area contributed by atoms with Crippen molar-refractivity contribution >= 4 is 5.69 Å². The topological polar surface area (TPSA) is 47.1 Å². The summed E-state index contributed by atoms with van der Waals surface area (Å²) in [5, 5.41) is 4.44. The minimum Gasteiger partial charge on any atom is -0.398 e. The predicted octanol–water partition coefficient (Wildman–Crippen LogP) is 2.41. The van der Waals surface area contributed by atoms with Crippen LogP contribution < -0.4 is 5.73 Å². The Labute approximate surface area is 114 Å². The highest BCUT2D eigenvalue weighted by Gasteiger charge is 2.09. The summed E-state index contributed by atoms with van der Waals surface area (Å²) in [5.74, 6) is 0. The van der Waals surface area contributed by atoms with E-state index in [2.05, 4.69) is 29.1 Å². The molecule has 0 bridgehead atoms. The van der Waals surface area contributed by atoms with Crippen molar-refractivity contribution < 1.29 is 0 Å². The number of benzene rings is 1. The second-order valence-electron chi connectivity index (χ2n) is 4.89. The Morgan fingerprint density at radius 3 is 2.63 bits per heavy atom. The average Bonchev–Trinajstić information content (AvgIpc) is 2.78. The smallest absolute Gasteiger partial charge is 0.0764 e. The van der Waals surface area contributed by atoms with Gasteiger partial charge < -0.3 is 5.73 Å². The Morgan fingerprint density at radius 1 is 1.21 bits per heavy atom. The van der Waals surface area contributed by atoms with Crippen LogP contribution in [-0.2, 0) is 20.1 Å². The van der Waals surface area contributed by atoms with Gasteiger partial charge in [0.15, 0.2) is 0 Å². The summed E-state index contributed by atoms with van der Waals surface area (Å²) in [6.45, 7) is 4.98. The van der Waals surface area contributed by atoms with Gasteiger partial charge >= 0.3 is 0 Å². The molecule has 2 rings (SSSR count). The zero-order valence-electron chi connectivity index (χ0n) is 11.7. The molecule has 2 N–H and O–H groups in total. The zero-order chi connectivity index (χ0) is 13.7. The van der Waals surface area contributed by atoms with Crippen molar-refractivity contribution in [3.05, 3.63) is 47.8 Å². The van der Waals surface area contributed by atoms with Crippen molar-refractivity contribution in [1.29, 1.82) is 0 Å². The van der Waals surface area contributed by atoms with Gasteiger partial charge in [-0.15, -0.1) is 0 Å². The molecule has 0 aliphatic carbocycles. The van der Waals surface area contributed by atoms with Gasteiger partial charge in [-0.1, -0.05) is 25.1 Å². The summed E-state index contributed by atoms with van der Waals surface area (Å²) in [5.41, 5.74) is 9.17. The predicted molar refractivity (Wildman–Crippen MR) is 78.5 cm³/mol. The normalized spacial score (nSPS) is 11.1. The van der Waals surface area contributed by atoms with E-state index in [1.165, 1.54) is 5.56 Å². The standard InChI is InChI=1S/C15H22N4/c1-3-9-19(12-14-8-10-18(2)17-14)11-13-6-4-5-7-15(13)16/h4-8,10H,3,9,11-12,16H2,1-2H3. The molecule has 2 aromatic rings. The fraction of sp³-hybridized carbons (Fsp3) is 0.400. The third-order valence-electron chi connectivity index (χ3n) is 3.14. The number of hydrogen-bond acceptors (Lipinski definition) is 3. The van der Waals surface area contributed by atoms with Gasteiger partial charge in [0.05, 0.1) is 5.69 Å². The minimum absolute atomic E-state index is 0.864. The molecule has 0 radical (unpaired) electrons. The van der Waals surface area contributed by atoms with Crippen molar-refractivity contribution in [2.24, 2.45) is 7.05 Å². The van der Waals surface area contributed by atoms with Crippen LogP contribution >= 0.6 is 0 Å². The lowest BCUT2D eigenvalue weighted by Crippen LogP contribution is -2.24. The maximum absolute atomic E-state index is 6.02. The van der Waals surface area contributed by atoms with E-state index >= 15 is 0 Å². The number of nitrogens with zero attached hydrogens (tertiary/aromatic N) is 3. The van der Waals surface area contributed by atoms with E-state index in [-0.39, 0.29) is 0 Å². The van der Waals surface area contributed by atoms with Crippen LogP contribution in [0.3, 0.4) is 0 Å². The first kappa shape index (κ1) is 13.6. The van der Waals surface area contributed by atoms with Crippen molar-refractivity contribution in [2.45, 2.75) is 26.4 Å². The number of rotatable bonds is 6. The summed E-state index contributed by atoms with van der Waals surface area (Å²) in [6.07, 6.45) is 3.11. The van der Waals surface area contributed by atoms with E-state index in [1.807, 2.05) is 36.1 Å². The van der Waals surface area contributed by atoms with E-state index in [9.17, 15) is 0 Å². The summed E-state index contributed by atoms with van der Waals surface area (Å²) < 4.78 is 1.84. The van der Waals surface area contributed by atoms with Gasteiger partial charge in [-0.3, -0.25) is 9.58 Å². The highest BCUT2D eigenvalue weighted by molar-refractivity contribution is 5.46. The zero-order valence-corrected chi connectivity index (χ0v) is 11.7. The Bertz CT molecular complexity index is 518. The highest BCUT2D eigenvalue weighted by Crippen LogP contribution is 2.15. The Morgan fingerprint density at radius 2 is 2.00 bits per heavy atom. The molecule has 4 nitrogen and oxygen atoms in total. The van der Waals surface area contributed by atoms with Crippen molar-refractivity contribution in [3.8, 4) is 0 Å².